The third-order valence-electron chi connectivity index (χ3n) is 4.44. The first-order valence-corrected chi connectivity index (χ1v) is 8.80. The summed E-state index contributed by atoms with van der Waals surface area (Å²) in [6.07, 6.45) is 4.84. The molecule has 0 atom stereocenters. The molecule has 0 aliphatic carbocycles. The Morgan fingerprint density at radius 1 is 0.929 bits per heavy atom. The fourth-order valence-corrected chi connectivity index (χ4v) is 3.12. The maximum absolute atomic E-state index is 13.1. The maximum atomic E-state index is 13.1. The number of carbonyl (C=O) groups is 1. The van der Waals surface area contributed by atoms with Gasteiger partial charge in [0.05, 0.1) is 13.3 Å². The van der Waals surface area contributed by atoms with E-state index < -0.39 is 0 Å². The SMILES string of the molecule is [2H]c1ccccc1C1=NC(c2ccccc2)=CN2C(=O)C(=Cc3ccco3)N=C12. The molecule has 0 unspecified atom stereocenters. The average Bonchev–Trinajstić information content (AvgIpc) is 3.37. The van der Waals surface area contributed by atoms with Gasteiger partial charge in [-0.2, -0.15) is 0 Å². The molecule has 3 heterocycles. The van der Waals surface area contributed by atoms with Gasteiger partial charge in [-0.15, -0.1) is 0 Å². The van der Waals surface area contributed by atoms with Crippen LogP contribution >= 0.6 is 0 Å². The molecule has 1 aromatic heterocycles. The van der Waals surface area contributed by atoms with Crippen LogP contribution < -0.4 is 0 Å². The van der Waals surface area contributed by atoms with Gasteiger partial charge in [0.15, 0.2) is 5.84 Å². The summed E-state index contributed by atoms with van der Waals surface area (Å²) in [5, 5.41) is 0. The van der Waals surface area contributed by atoms with Gasteiger partial charge in [0.25, 0.3) is 5.91 Å². The van der Waals surface area contributed by atoms with Gasteiger partial charge in [-0.3, -0.25) is 9.69 Å². The van der Waals surface area contributed by atoms with Gasteiger partial charge in [0.2, 0.25) is 0 Å². The molecule has 0 N–H and O–H groups in total. The molecular weight excluding hydrogens is 350 g/mol. The van der Waals surface area contributed by atoms with Crippen molar-refractivity contribution in [3.63, 3.8) is 0 Å². The Bertz CT molecular complexity index is 1220. The molecule has 0 fully saturated rings. The van der Waals surface area contributed by atoms with Crippen molar-refractivity contribution in [3.05, 3.63) is 108 Å². The lowest BCUT2D eigenvalue weighted by Gasteiger charge is -2.21. The molecule has 3 aromatic rings. The number of nitrogens with zero attached hydrogens (tertiary/aromatic N) is 3. The molecule has 2 aliphatic rings. The number of hydrogen-bond donors (Lipinski definition) is 0. The average molecular weight is 366 g/mol. The Hall–Kier alpha value is -3.99. The van der Waals surface area contributed by atoms with Crippen LogP contribution in [0.15, 0.2) is 105 Å². The topological polar surface area (TPSA) is 58.2 Å². The molecular formula is C23H15N3O2. The zero-order chi connectivity index (χ0) is 19.8. The second kappa shape index (κ2) is 6.63. The smallest absolute Gasteiger partial charge is 0.282 e. The summed E-state index contributed by atoms with van der Waals surface area (Å²) in [5.74, 6) is 0.691. The first-order chi connectivity index (χ1) is 14.2. The highest BCUT2D eigenvalue weighted by Gasteiger charge is 2.35. The van der Waals surface area contributed by atoms with Crippen molar-refractivity contribution < 1.29 is 10.6 Å². The summed E-state index contributed by atoms with van der Waals surface area (Å²) in [5.41, 5.74) is 2.88. The van der Waals surface area contributed by atoms with Gasteiger partial charge in [0, 0.05) is 23.4 Å². The molecule has 0 bridgehead atoms. The van der Waals surface area contributed by atoms with Crippen LogP contribution in [-0.4, -0.2) is 22.4 Å². The first kappa shape index (κ1) is 15.1. The summed E-state index contributed by atoms with van der Waals surface area (Å²) < 4.78 is 13.6. The number of aliphatic imine (C=N–C) groups is 2. The molecule has 134 valence electrons. The molecule has 5 nitrogen and oxygen atoms in total. The Morgan fingerprint density at radius 3 is 2.46 bits per heavy atom. The Balaban J connectivity index is 1.68. The fraction of sp³-hybridized carbons (Fsp3) is 0. The van der Waals surface area contributed by atoms with Crippen LogP contribution in [0.1, 0.15) is 18.3 Å². The zero-order valence-electron chi connectivity index (χ0n) is 15.7. The van der Waals surface area contributed by atoms with Gasteiger partial charge < -0.3 is 4.42 Å². The Morgan fingerprint density at radius 2 is 1.71 bits per heavy atom. The van der Waals surface area contributed by atoms with Gasteiger partial charge >= 0.3 is 0 Å². The quantitative estimate of drug-likeness (QED) is 0.647. The van der Waals surface area contributed by atoms with Crippen LogP contribution in [0.3, 0.4) is 0 Å². The van der Waals surface area contributed by atoms with E-state index in [1.807, 2.05) is 42.5 Å². The van der Waals surface area contributed by atoms with Gasteiger partial charge in [-0.05, 0) is 12.1 Å². The van der Waals surface area contributed by atoms with E-state index in [-0.39, 0.29) is 11.6 Å². The normalized spacial score (nSPS) is 17.8. The highest BCUT2D eigenvalue weighted by atomic mass is 16.3. The van der Waals surface area contributed by atoms with E-state index in [2.05, 4.69) is 4.99 Å². The molecule has 2 aromatic carbocycles. The van der Waals surface area contributed by atoms with Crippen molar-refractivity contribution in [1.82, 2.24) is 4.90 Å². The van der Waals surface area contributed by atoms with Gasteiger partial charge in [-0.25, -0.2) is 9.98 Å². The van der Waals surface area contributed by atoms with Crippen LogP contribution in [0.25, 0.3) is 11.8 Å². The Kier molecular flexibility index (Phi) is 3.58. The summed E-state index contributed by atoms with van der Waals surface area (Å²) in [6, 6.07) is 20.6. The van der Waals surface area contributed by atoms with Crippen molar-refractivity contribution in [2.24, 2.45) is 9.98 Å². The standard InChI is InChI=1S/C23H15N3O2/c27-23-19(14-18-12-7-13-28-18)25-22-21(17-10-5-2-6-11-17)24-20(15-26(22)23)16-8-3-1-4-9-16/h1-15H/i10D. The molecule has 0 spiro atoms. The van der Waals surface area contributed by atoms with Crippen molar-refractivity contribution in [1.29, 1.82) is 0 Å². The third kappa shape index (κ3) is 2.79. The maximum Gasteiger partial charge on any atom is 0.282 e. The number of carbonyl (C=O) groups excluding carboxylic acids is 1. The lowest BCUT2D eigenvalue weighted by Crippen LogP contribution is -2.35. The second-order valence-corrected chi connectivity index (χ2v) is 6.27. The van der Waals surface area contributed by atoms with Crippen LogP contribution in [0, 0.1) is 0 Å². The van der Waals surface area contributed by atoms with Crippen LogP contribution in [0.5, 0.6) is 0 Å². The summed E-state index contributed by atoms with van der Waals surface area (Å²) >= 11 is 0. The van der Waals surface area contributed by atoms with Crippen LogP contribution in [-0.2, 0) is 4.79 Å². The minimum atomic E-state index is -0.264. The summed E-state index contributed by atoms with van der Waals surface area (Å²) in [4.78, 5) is 23.9. The zero-order valence-corrected chi connectivity index (χ0v) is 14.7. The number of hydrogen-bond acceptors (Lipinski definition) is 4. The van der Waals surface area contributed by atoms with E-state index in [1.54, 1.807) is 42.8 Å². The van der Waals surface area contributed by atoms with E-state index in [0.29, 0.717) is 34.6 Å². The fourth-order valence-electron chi connectivity index (χ4n) is 3.12. The summed E-state index contributed by atoms with van der Waals surface area (Å²) in [6.45, 7) is 0. The summed E-state index contributed by atoms with van der Waals surface area (Å²) in [7, 11) is 0. The predicted molar refractivity (Wildman–Crippen MR) is 108 cm³/mol. The number of rotatable bonds is 3. The lowest BCUT2D eigenvalue weighted by molar-refractivity contribution is -0.120. The van der Waals surface area contributed by atoms with Crippen molar-refractivity contribution >= 4 is 29.2 Å². The first-order valence-electron chi connectivity index (χ1n) is 9.30. The number of fused-ring (bicyclic) bond motifs is 1. The molecule has 1 amide bonds. The number of furan rings is 1. The minimum absolute atomic E-state index is 0.260. The van der Waals surface area contributed by atoms with E-state index in [1.165, 1.54) is 4.90 Å². The number of amidine groups is 1. The molecule has 0 saturated heterocycles. The molecule has 2 aliphatic heterocycles. The van der Waals surface area contributed by atoms with E-state index in [9.17, 15) is 4.79 Å². The third-order valence-corrected chi connectivity index (χ3v) is 4.44. The van der Waals surface area contributed by atoms with Crippen molar-refractivity contribution in [3.8, 4) is 0 Å². The van der Waals surface area contributed by atoms with Crippen LogP contribution in [0.2, 0.25) is 0 Å². The monoisotopic (exact) mass is 366 g/mol. The van der Waals surface area contributed by atoms with Crippen molar-refractivity contribution in [2.75, 3.05) is 0 Å². The van der Waals surface area contributed by atoms with Crippen molar-refractivity contribution in [2.45, 2.75) is 0 Å². The highest BCUT2D eigenvalue weighted by Crippen LogP contribution is 2.29. The molecule has 5 rings (SSSR count). The molecule has 28 heavy (non-hydrogen) atoms. The number of amides is 1. The largest absolute Gasteiger partial charge is 0.465 e. The van der Waals surface area contributed by atoms with E-state index in [4.69, 9.17) is 10.8 Å². The Labute approximate surface area is 163 Å². The highest BCUT2D eigenvalue weighted by molar-refractivity contribution is 6.53. The van der Waals surface area contributed by atoms with Gasteiger partial charge in [-0.1, -0.05) is 60.6 Å². The van der Waals surface area contributed by atoms with E-state index >= 15 is 0 Å². The molecule has 0 saturated carbocycles. The minimum Gasteiger partial charge on any atom is -0.465 e. The van der Waals surface area contributed by atoms with Crippen LogP contribution in [0.4, 0.5) is 0 Å². The van der Waals surface area contributed by atoms with Gasteiger partial charge in [0.1, 0.15) is 17.2 Å². The number of benzene rings is 2. The lowest BCUT2D eigenvalue weighted by atomic mass is 10.1. The molecule has 5 heteroatoms. The predicted octanol–water partition coefficient (Wildman–Crippen LogP) is 4.36. The second-order valence-electron chi connectivity index (χ2n) is 6.27. The molecule has 0 radical (unpaired) electrons. The van der Waals surface area contributed by atoms with E-state index in [0.717, 1.165) is 5.56 Å².